The Bertz CT molecular complexity index is 360. The Morgan fingerprint density at radius 2 is 1.76 bits per heavy atom. The summed E-state index contributed by atoms with van der Waals surface area (Å²) in [5.74, 6) is -5.53. The van der Waals surface area contributed by atoms with E-state index in [1.165, 1.54) is 0 Å². The van der Waals surface area contributed by atoms with E-state index in [0.717, 1.165) is 0 Å². The second-order valence-electron chi connectivity index (χ2n) is 4.66. The summed E-state index contributed by atoms with van der Waals surface area (Å²) in [7, 11) is 0. The molecule has 11 heteroatoms. The van der Waals surface area contributed by atoms with Crippen LogP contribution in [0.5, 0.6) is 0 Å². The van der Waals surface area contributed by atoms with E-state index >= 15 is 0 Å². The molecule has 0 aliphatic carbocycles. The van der Waals surface area contributed by atoms with Gasteiger partial charge < -0.3 is 36.0 Å². The van der Waals surface area contributed by atoms with E-state index in [1.54, 1.807) is 0 Å². The maximum absolute atomic E-state index is 13.9. The molecule has 7 N–H and O–H groups in total. The topological polar surface area (TPSA) is 153 Å². The molecular formula is C10H18ClF2NO7. The third-order valence-corrected chi connectivity index (χ3v) is 3.12. The standard InChI is InChI=1S/C10H17F2NO7.ClH/c11-10(12,1-3(13)9(18)19)8-7(17)6(16)5(15)4(2-14)20-8;/h3-8,14-17H,1-2,13H2,(H,18,19);1H/t3-,4-,5+,6+,7-,8+;/m1./s1. The molecule has 0 aromatic carbocycles. The average Bonchev–Trinajstić information content (AvgIpc) is 2.35. The second kappa shape index (κ2) is 7.58. The van der Waals surface area contributed by atoms with E-state index in [9.17, 15) is 28.9 Å². The van der Waals surface area contributed by atoms with E-state index in [1.807, 2.05) is 0 Å². The molecule has 0 aromatic rings. The van der Waals surface area contributed by atoms with Crippen molar-refractivity contribution < 1.29 is 43.8 Å². The molecule has 0 saturated carbocycles. The van der Waals surface area contributed by atoms with E-state index < -0.39 is 61.5 Å². The van der Waals surface area contributed by atoms with Crippen LogP contribution in [0, 0.1) is 0 Å². The molecule has 0 amide bonds. The zero-order valence-corrected chi connectivity index (χ0v) is 11.5. The molecule has 0 spiro atoms. The lowest BCUT2D eigenvalue weighted by molar-refractivity contribution is -0.282. The second-order valence-corrected chi connectivity index (χ2v) is 4.66. The summed E-state index contributed by atoms with van der Waals surface area (Å²) in [5.41, 5.74) is 5.01. The Kier molecular flexibility index (Phi) is 7.36. The van der Waals surface area contributed by atoms with Gasteiger partial charge in [0.2, 0.25) is 0 Å². The monoisotopic (exact) mass is 337 g/mol. The highest BCUT2D eigenvalue weighted by atomic mass is 35.5. The number of alkyl halides is 2. The fourth-order valence-electron chi connectivity index (χ4n) is 1.95. The van der Waals surface area contributed by atoms with Crippen LogP contribution in [0.15, 0.2) is 0 Å². The van der Waals surface area contributed by atoms with Gasteiger partial charge in [0, 0.05) is 6.42 Å². The van der Waals surface area contributed by atoms with E-state index in [2.05, 4.69) is 4.74 Å². The number of carboxylic acid groups (broad SMARTS) is 1. The van der Waals surface area contributed by atoms with Crippen LogP contribution in [0.25, 0.3) is 0 Å². The van der Waals surface area contributed by atoms with Gasteiger partial charge in [-0.15, -0.1) is 12.4 Å². The van der Waals surface area contributed by atoms with Crippen LogP contribution in [0.3, 0.4) is 0 Å². The fraction of sp³-hybridized carbons (Fsp3) is 0.900. The van der Waals surface area contributed by atoms with Gasteiger partial charge in [-0.25, -0.2) is 8.78 Å². The number of aliphatic hydroxyl groups excluding tert-OH is 4. The minimum Gasteiger partial charge on any atom is -0.480 e. The molecule has 0 aromatic heterocycles. The van der Waals surface area contributed by atoms with Crippen molar-refractivity contribution in [3.8, 4) is 0 Å². The van der Waals surface area contributed by atoms with Gasteiger partial charge in [-0.3, -0.25) is 4.79 Å². The summed E-state index contributed by atoms with van der Waals surface area (Å²) in [6, 6.07) is -1.89. The molecule has 1 aliphatic rings. The lowest BCUT2D eigenvalue weighted by atomic mass is 9.89. The number of ether oxygens (including phenoxy) is 1. The number of carbonyl (C=O) groups is 1. The van der Waals surface area contributed by atoms with Crippen LogP contribution in [0.1, 0.15) is 6.42 Å². The molecule has 1 aliphatic heterocycles. The normalized spacial score (nSPS) is 34.9. The first-order valence-corrected chi connectivity index (χ1v) is 5.78. The Morgan fingerprint density at radius 1 is 1.24 bits per heavy atom. The first-order valence-electron chi connectivity index (χ1n) is 5.78. The molecular weight excluding hydrogens is 320 g/mol. The molecule has 0 radical (unpaired) electrons. The highest BCUT2D eigenvalue weighted by molar-refractivity contribution is 5.85. The van der Waals surface area contributed by atoms with Crippen molar-refractivity contribution >= 4 is 18.4 Å². The maximum atomic E-state index is 13.9. The summed E-state index contributed by atoms with van der Waals surface area (Å²) in [5, 5.41) is 45.8. The molecule has 0 unspecified atom stereocenters. The molecule has 1 fully saturated rings. The van der Waals surface area contributed by atoms with Gasteiger partial charge in [0.25, 0.3) is 5.92 Å². The molecule has 1 heterocycles. The molecule has 8 nitrogen and oxygen atoms in total. The Morgan fingerprint density at radius 3 is 2.19 bits per heavy atom. The number of carboxylic acids is 1. The first kappa shape index (κ1) is 20.4. The third-order valence-electron chi connectivity index (χ3n) is 3.12. The van der Waals surface area contributed by atoms with Gasteiger partial charge in [0.05, 0.1) is 6.61 Å². The predicted molar refractivity (Wildman–Crippen MR) is 66.2 cm³/mol. The van der Waals surface area contributed by atoms with Gasteiger partial charge in [-0.2, -0.15) is 0 Å². The third kappa shape index (κ3) is 4.42. The van der Waals surface area contributed by atoms with Gasteiger partial charge in [-0.05, 0) is 0 Å². The summed E-state index contributed by atoms with van der Waals surface area (Å²) in [6.45, 7) is -0.859. The van der Waals surface area contributed by atoms with Crippen molar-refractivity contribution in [2.24, 2.45) is 5.73 Å². The highest BCUT2D eigenvalue weighted by Crippen LogP contribution is 2.34. The van der Waals surface area contributed by atoms with Crippen LogP contribution >= 0.6 is 12.4 Å². The Hall–Kier alpha value is -0.620. The van der Waals surface area contributed by atoms with Crippen molar-refractivity contribution in [3.63, 3.8) is 0 Å². The first-order chi connectivity index (χ1) is 9.11. The number of hydrogen-bond donors (Lipinski definition) is 6. The largest absolute Gasteiger partial charge is 0.480 e. The lowest BCUT2D eigenvalue weighted by Crippen LogP contribution is -2.63. The zero-order chi connectivity index (χ0) is 15.7. The smallest absolute Gasteiger partial charge is 0.320 e. The molecule has 1 saturated heterocycles. The van der Waals surface area contributed by atoms with Crippen molar-refractivity contribution in [1.29, 1.82) is 0 Å². The SMILES string of the molecule is Cl.N[C@H](CC(F)(F)[C@H]1O[C@H](CO)[C@H](O)[C@H](O)[C@H]1O)C(=O)O. The Balaban J connectivity index is 0.00000400. The van der Waals surface area contributed by atoms with Gasteiger partial charge >= 0.3 is 5.97 Å². The van der Waals surface area contributed by atoms with Crippen LogP contribution in [0.4, 0.5) is 8.78 Å². The highest BCUT2D eigenvalue weighted by Gasteiger charge is 2.55. The lowest BCUT2D eigenvalue weighted by Gasteiger charge is -2.43. The van der Waals surface area contributed by atoms with Crippen LogP contribution < -0.4 is 5.73 Å². The average molecular weight is 338 g/mol. The zero-order valence-electron chi connectivity index (χ0n) is 10.7. The fourth-order valence-corrected chi connectivity index (χ4v) is 1.95. The molecule has 21 heavy (non-hydrogen) atoms. The van der Waals surface area contributed by atoms with Gasteiger partial charge in [-0.1, -0.05) is 0 Å². The number of nitrogens with two attached hydrogens (primary N) is 1. The number of hydrogen-bond acceptors (Lipinski definition) is 7. The molecule has 6 atom stereocenters. The van der Waals surface area contributed by atoms with Gasteiger partial charge in [0.1, 0.15) is 36.6 Å². The van der Waals surface area contributed by atoms with E-state index in [4.69, 9.17) is 15.9 Å². The number of halogens is 3. The van der Waals surface area contributed by atoms with Crippen molar-refractivity contribution in [2.75, 3.05) is 6.61 Å². The summed E-state index contributed by atoms with van der Waals surface area (Å²) in [4.78, 5) is 10.5. The van der Waals surface area contributed by atoms with Crippen molar-refractivity contribution in [1.82, 2.24) is 0 Å². The minimum atomic E-state index is -3.87. The molecule has 126 valence electrons. The predicted octanol–water partition coefficient (Wildman–Crippen LogP) is -2.31. The summed E-state index contributed by atoms with van der Waals surface area (Å²) >= 11 is 0. The summed E-state index contributed by atoms with van der Waals surface area (Å²) in [6.07, 6.45) is -11.0. The number of rotatable bonds is 5. The van der Waals surface area contributed by atoms with Gasteiger partial charge in [0.15, 0.2) is 0 Å². The molecule has 0 bridgehead atoms. The minimum absolute atomic E-state index is 0. The number of aliphatic hydroxyl groups is 4. The summed E-state index contributed by atoms with van der Waals surface area (Å²) < 4.78 is 32.4. The number of aliphatic carboxylic acids is 1. The quantitative estimate of drug-likeness (QED) is 0.327. The van der Waals surface area contributed by atoms with E-state index in [-0.39, 0.29) is 12.4 Å². The van der Waals surface area contributed by atoms with Crippen LogP contribution in [-0.4, -0.2) is 80.6 Å². The van der Waals surface area contributed by atoms with Crippen molar-refractivity contribution in [3.05, 3.63) is 0 Å². The van der Waals surface area contributed by atoms with Crippen LogP contribution in [-0.2, 0) is 9.53 Å². The van der Waals surface area contributed by atoms with E-state index in [0.29, 0.717) is 0 Å². The maximum Gasteiger partial charge on any atom is 0.320 e. The van der Waals surface area contributed by atoms with Crippen LogP contribution in [0.2, 0.25) is 0 Å². The van der Waals surface area contributed by atoms with Crippen molar-refractivity contribution in [2.45, 2.75) is 48.9 Å². The Labute approximate surface area is 124 Å². The molecule has 1 rings (SSSR count).